The van der Waals surface area contributed by atoms with Gasteiger partial charge in [0.15, 0.2) is 10.3 Å². The van der Waals surface area contributed by atoms with Crippen molar-refractivity contribution in [3.8, 4) is 0 Å². The Labute approximate surface area is 192 Å². The van der Waals surface area contributed by atoms with Gasteiger partial charge in [-0.3, -0.25) is 19.4 Å². The minimum absolute atomic E-state index is 0.0411. The maximum atomic E-state index is 12.5. The van der Waals surface area contributed by atoms with Crippen molar-refractivity contribution in [2.24, 2.45) is 0 Å². The lowest BCUT2D eigenvalue weighted by Crippen LogP contribution is -2.54. The third kappa shape index (κ3) is 6.31. The first-order valence-electron chi connectivity index (χ1n) is 10.8. The highest BCUT2D eigenvalue weighted by Gasteiger charge is 2.27. The van der Waals surface area contributed by atoms with Crippen LogP contribution in [0.4, 0.5) is 10.3 Å². The predicted octanol–water partition coefficient (Wildman–Crippen LogP) is 2.92. The van der Waals surface area contributed by atoms with E-state index in [0.29, 0.717) is 23.4 Å². The number of amides is 2. The second-order valence-corrected chi connectivity index (χ2v) is 10.3. The van der Waals surface area contributed by atoms with E-state index in [2.05, 4.69) is 51.2 Å². The molecule has 1 fully saturated rings. The summed E-state index contributed by atoms with van der Waals surface area (Å²) < 4.78 is 0. The van der Waals surface area contributed by atoms with Crippen LogP contribution in [0.2, 0.25) is 0 Å². The fraction of sp³-hybridized carbons (Fsp3) is 0.619. The van der Waals surface area contributed by atoms with Gasteiger partial charge in [-0.2, -0.15) is 0 Å². The average Bonchev–Trinajstić information content (AvgIpc) is 3.24. The molecule has 1 saturated heterocycles. The van der Waals surface area contributed by atoms with Gasteiger partial charge in [-0.1, -0.05) is 13.8 Å². The number of hydrogen-bond donors (Lipinski definition) is 2. The highest BCUT2D eigenvalue weighted by atomic mass is 32.1. The van der Waals surface area contributed by atoms with E-state index in [9.17, 15) is 9.59 Å². The number of aryl methyl sites for hydroxylation is 4. The van der Waals surface area contributed by atoms with E-state index in [0.717, 1.165) is 53.6 Å². The molecule has 3 rings (SSSR count). The zero-order valence-electron chi connectivity index (χ0n) is 18.9. The van der Waals surface area contributed by atoms with Crippen LogP contribution >= 0.6 is 22.7 Å². The number of thiazole rings is 2. The molecule has 0 aromatic carbocycles. The Morgan fingerprint density at radius 1 is 0.935 bits per heavy atom. The van der Waals surface area contributed by atoms with Crippen LogP contribution in [0.3, 0.4) is 0 Å². The minimum atomic E-state index is -0.0414. The van der Waals surface area contributed by atoms with Crippen LogP contribution in [0.25, 0.3) is 0 Å². The van der Waals surface area contributed by atoms with E-state index in [1.807, 2.05) is 13.8 Å². The summed E-state index contributed by atoms with van der Waals surface area (Å²) in [4.78, 5) is 40.5. The summed E-state index contributed by atoms with van der Waals surface area (Å²) in [5, 5.41) is 7.20. The second kappa shape index (κ2) is 10.6. The molecule has 0 bridgehead atoms. The molecule has 10 heteroatoms. The van der Waals surface area contributed by atoms with Gasteiger partial charge in [0.05, 0.1) is 24.5 Å². The molecule has 0 saturated carbocycles. The van der Waals surface area contributed by atoms with Crippen LogP contribution in [0.1, 0.15) is 41.9 Å². The number of hydrogen-bond acceptors (Lipinski definition) is 8. The molecular weight excluding hydrogens is 432 g/mol. The van der Waals surface area contributed by atoms with E-state index < -0.39 is 0 Å². The molecule has 0 aliphatic carbocycles. The average molecular weight is 465 g/mol. The molecule has 31 heavy (non-hydrogen) atoms. The Morgan fingerprint density at radius 2 is 1.45 bits per heavy atom. The SMILES string of the molecule is CCc1nc(NC(=O)CN2CCN(CC(=O)Nc3nc(CC)c(C)s3)C(C)C2)sc1C. The summed E-state index contributed by atoms with van der Waals surface area (Å²) in [7, 11) is 0. The van der Waals surface area contributed by atoms with Gasteiger partial charge in [-0.25, -0.2) is 9.97 Å². The standard InChI is InChI=1S/C21H32N6O2S2/c1-6-16-14(4)30-20(22-16)24-18(28)11-26-8-9-27(13(3)10-26)12-19(29)25-21-23-17(7-2)15(5)31-21/h13H,6-12H2,1-5H3,(H,22,24,28)(H,23,25,29). The van der Waals surface area contributed by atoms with E-state index in [1.165, 1.54) is 22.7 Å². The summed E-state index contributed by atoms with van der Waals surface area (Å²) in [6.45, 7) is 13.2. The summed E-state index contributed by atoms with van der Waals surface area (Å²) in [5.74, 6) is -0.0824. The smallest absolute Gasteiger partial charge is 0.240 e. The first kappa shape index (κ1) is 23.8. The molecule has 2 N–H and O–H groups in total. The molecule has 1 unspecified atom stereocenters. The van der Waals surface area contributed by atoms with Crippen LogP contribution in [-0.2, 0) is 22.4 Å². The van der Waals surface area contributed by atoms with Crippen LogP contribution < -0.4 is 10.6 Å². The minimum Gasteiger partial charge on any atom is -0.301 e. The molecule has 1 atom stereocenters. The Hall–Kier alpha value is -1.88. The summed E-state index contributed by atoms with van der Waals surface area (Å²) in [5.41, 5.74) is 2.08. The number of rotatable bonds is 8. The number of carbonyl (C=O) groups excluding carboxylic acids is 2. The number of anilines is 2. The summed E-state index contributed by atoms with van der Waals surface area (Å²) in [6, 6.07) is 0.185. The Balaban J connectivity index is 1.45. The van der Waals surface area contributed by atoms with E-state index in [4.69, 9.17) is 0 Å². The molecule has 170 valence electrons. The van der Waals surface area contributed by atoms with Gasteiger partial charge in [-0.05, 0) is 33.6 Å². The highest BCUT2D eigenvalue weighted by molar-refractivity contribution is 7.16. The maximum absolute atomic E-state index is 12.5. The van der Waals surface area contributed by atoms with E-state index in [1.54, 1.807) is 0 Å². The van der Waals surface area contributed by atoms with E-state index in [-0.39, 0.29) is 17.9 Å². The van der Waals surface area contributed by atoms with Gasteiger partial charge in [0.25, 0.3) is 0 Å². The third-order valence-corrected chi connectivity index (χ3v) is 7.37. The number of nitrogens with one attached hydrogen (secondary N) is 2. The van der Waals surface area contributed by atoms with Gasteiger partial charge < -0.3 is 10.6 Å². The predicted molar refractivity (Wildman–Crippen MR) is 127 cm³/mol. The van der Waals surface area contributed by atoms with Gasteiger partial charge in [-0.15, -0.1) is 22.7 Å². The van der Waals surface area contributed by atoms with Gasteiger partial charge in [0, 0.05) is 35.4 Å². The van der Waals surface area contributed by atoms with Crippen molar-refractivity contribution in [3.05, 3.63) is 21.1 Å². The molecule has 0 spiro atoms. The third-order valence-electron chi connectivity index (χ3n) is 5.51. The lowest BCUT2D eigenvalue weighted by Gasteiger charge is -2.39. The number of aromatic nitrogens is 2. The first-order chi connectivity index (χ1) is 14.8. The zero-order valence-corrected chi connectivity index (χ0v) is 20.6. The largest absolute Gasteiger partial charge is 0.301 e. The van der Waals surface area contributed by atoms with Gasteiger partial charge >= 0.3 is 0 Å². The summed E-state index contributed by atoms with van der Waals surface area (Å²) in [6.07, 6.45) is 1.74. The monoisotopic (exact) mass is 464 g/mol. The zero-order chi connectivity index (χ0) is 22.5. The van der Waals surface area contributed by atoms with E-state index >= 15 is 0 Å². The Kier molecular flexibility index (Phi) is 8.15. The van der Waals surface area contributed by atoms with Crippen LogP contribution in [0, 0.1) is 13.8 Å². The first-order valence-corrected chi connectivity index (χ1v) is 12.4. The lowest BCUT2D eigenvalue weighted by molar-refractivity contribution is -0.120. The fourth-order valence-electron chi connectivity index (χ4n) is 3.77. The Morgan fingerprint density at radius 3 is 1.90 bits per heavy atom. The maximum Gasteiger partial charge on any atom is 0.240 e. The van der Waals surface area contributed by atoms with Crippen LogP contribution in [0.15, 0.2) is 0 Å². The quantitative estimate of drug-likeness (QED) is 0.624. The molecule has 8 nitrogen and oxygen atoms in total. The van der Waals surface area contributed by atoms with Crippen molar-refractivity contribution < 1.29 is 9.59 Å². The Bertz CT molecular complexity index is 925. The van der Waals surface area contributed by atoms with Gasteiger partial charge in [0.1, 0.15) is 0 Å². The highest BCUT2D eigenvalue weighted by Crippen LogP contribution is 2.23. The van der Waals surface area contributed by atoms with Crippen molar-refractivity contribution in [1.82, 2.24) is 19.8 Å². The van der Waals surface area contributed by atoms with Crippen molar-refractivity contribution >= 4 is 44.8 Å². The second-order valence-electron chi connectivity index (χ2n) is 7.90. The fourth-order valence-corrected chi connectivity index (χ4v) is 5.61. The molecule has 3 heterocycles. The number of piperazine rings is 1. The number of carbonyl (C=O) groups is 2. The molecule has 1 aliphatic rings. The molecule has 1 aliphatic heterocycles. The molecule has 2 amide bonds. The number of nitrogens with zero attached hydrogens (tertiary/aromatic N) is 4. The van der Waals surface area contributed by atoms with Crippen molar-refractivity contribution in [2.45, 2.75) is 53.5 Å². The topological polar surface area (TPSA) is 90.5 Å². The molecule has 2 aromatic heterocycles. The molecular formula is C21H32N6O2S2. The van der Waals surface area contributed by atoms with Crippen molar-refractivity contribution in [2.75, 3.05) is 43.4 Å². The normalized spacial score (nSPS) is 17.6. The van der Waals surface area contributed by atoms with Crippen LogP contribution in [0.5, 0.6) is 0 Å². The van der Waals surface area contributed by atoms with Gasteiger partial charge in [0.2, 0.25) is 11.8 Å². The molecule has 0 radical (unpaired) electrons. The lowest BCUT2D eigenvalue weighted by atomic mass is 10.2. The van der Waals surface area contributed by atoms with Crippen molar-refractivity contribution in [3.63, 3.8) is 0 Å². The molecule has 2 aromatic rings. The van der Waals surface area contributed by atoms with Crippen molar-refractivity contribution in [1.29, 1.82) is 0 Å². The summed E-state index contributed by atoms with van der Waals surface area (Å²) >= 11 is 3.05. The van der Waals surface area contributed by atoms with Crippen LogP contribution in [-0.4, -0.2) is 70.3 Å².